The first-order valence-corrected chi connectivity index (χ1v) is 6.44. The Morgan fingerprint density at radius 1 is 1.42 bits per heavy atom. The van der Waals surface area contributed by atoms with Crippen LogP contribution in [0.1, 0.15) is 24.2 Å². The lowest BCUT2D eigenvalue weighted by atomic mass is 10.0. The molecule has 0 saturated heterocycles. The number of pyridine rings is 1. The number of rotatable bonds is 6. The monoisotopic (exact) mass is 260 g/mol. The lowest BCUT2D eigenvalue weighted by Crippen LogP contribution is -2.25. The van der Waals surface area contributed by atoms with Gasteiger partial charge < -0.3 is 10.1 Å². The Labute approximate surface area is 113 Å². The third kappa shape index (κ3) is 3.12. The van der Waals surface area contributed by atoms with Crippen molar-refractivity contribution in [3.8, 4) is 5.75 Å². The van der Waals surface area contributed by atoms with Gasteiger partial charge in [-0.15, -0.1) is 0 Å². The highest BCUT2D eigenvalue weighted by atomic mass is 16.5. The van der Waals surface area contributed by atoms with E-state index in [1.807, 2.05) is 24.0 Å². The third-order valence-electron chi connectivity index (χ3n) is 3.11. The Morgan fingerprint density at radius 2 is 2.26 bits per heavy atom. The summed E-state index contributed by atoms with van der Waals surface area (Å²) in [5, 5.41) is 7.75. The first-order valence-electron chi connectivity index (χ1n) is 6.44. The van der Waals surface area contributed by atoms with Gasteiger partial charge in [0.05, 0.1) is 25.0 Å². The maximum atomic E-state index is 5.39. The number of hydrogen-bond donors (Lipinski definition) is 1. The average Bonchev–Trinajstić information content (AvgIpc) is 2.80. The minimum Gasteiger partial charge on any atom is -0.493 e. The molecular formula is C14H20N4O. The summed E-state index contributed by atoms with van der Waals surface area (Å²) in [4.78, 5) is 4.16. The molecule has 0 aliphatic rings. The van der Waals surface area contributed by atoms with E-state index < -0.39 is 0 Å². The molecule has 5 nitrogen and oxygen atoms in total. The fourth-order valence-corrected chi connectivity index (χ4v) is 2.25. The zero-order valence-corrected chi connectivity index (χ0v) is 11.6. The van der Waals surface area contributed by atoms with E-state index in [9.17, 15) is 0 Å². The SMILES string of the molecule is CCNC(Cc1cccnc1)c1c(OC)cnn1C. The van der Waals surface area contributed by atoms with Crippen molar-refractivity contribution < 1.29 is 4.74 Å². The number of aryl methyl sites for hydroxylation is 1. The molecule has 0 aliphatic carbocycles. The molecule has 1 N–H and O–H groups in total. The second-order valence-electron chi connectivity index (χ2n) is 4.40. The van der Waals surface area contributed by atoms with Gasteiger partial charge in [-0.2, -0.15) is 5.10 Å². The molecule has 2 rings (SSSR count). The first-order chi connectivity index (χ1) is 9.26. The highest BCUT2D eigenvalue weighted by Crippen LogP contribution is 2.26. The van der Waals surface area contributed by atoms with Gasteiger partial charge in [0.1, 0.15) is 0 Å². The van der Waals surface area contributed by atoms with Gasteiger partial charge >= 0.3 is 0 Å². The zero-order chi connectivity index (χ0) is 13.7. The van der Waals surface area contributed by atoms with E-state index in [1.54, 1.807) is 19.5 Å². The second kappa shape index (κ2) is 6.33. The fraction of sp³-hybridized carbons (Fsp3) is 0.429. The Balaban J connectivity index is 2.27. The molecular weight excluding hydrogens is 240 g/mol. The van der Waals surface area contributed by atoms with Gasteiger partial charge in [0.2, 0.25) is 0 Å². The molecule has 2 aromatic rings. The fourth-order valence-electron chi connectivity index (χ4n) is 2.25. The van der Waals surface area contributed by atoms with Gasteiger partial charge in [-0.25, -0.2) is 0 Å². The lowest BCUT2D eigenvalue weighted by Gasteiger charge is -2.19. The third-order valence-corrected chi connectivity index (χ3v) is 3.11. The van der Waals surface area contributed by atoms with E-state index in [0.29, 0.717) is 0 Å². The van der Waals surface area contributed by atoms with Crippen LogP contribution in [-0.4, -0.2) is 28.4 Å². The van der Waals surface area contributed by atoms with Crippen molar-refractivity contribution in [1.29, 1.82) is 0 Å². The van der Waals surface area contributed by atoms with Crippen molar-refractivity contribution >= 4 is 0 Å². The second-order valence-corrected chi connectivity index (χ2v) is 4.40. The molecule has 5 heteroatoms. The van der Waals surface area contributed by atoms with Gasteiger partial charge in [-0.1, -0.05) is 13.0 Å². The van der Waals surface area contributed by atoms with Gasteiger partial charge in [0, 0.05) is 19.4 Å². The number of likely N-dealkylation sites (N-methyl/N-ethyl adjacent to an activating group) is 1. The van der Waals surface area contributed by atoms with E-state index in [2.05, 4.69) is 28.4 Å². The summed E-state index contributed by atoms with van der Waals surface area (Å²) < 4.78 is 7.26. The highest BCUT2D eigenvalue weighted by Gasteiger charge is 2.20. The molecule has 2 aromatic heterocycles. The lowest BCUT2D eigenvalue weighted by molar-refractivity contribution is 0.394. The van der Waals surface area contributed by atoms with Gasteiger partial charge in [0.25, 0.3) is 0 Å². The zero-order valence-electron chi connectivity index (χ0n) is 11.6. The van der Waals surface area contributed by atoms with Crippen molar-refractivity contribution in [1.82, 2.24) is 20.1 Å². The molecule has 0 aromatic carbocycles. The van der Waals surface area contributed by atoms with Crippen LogP contribution in [0, 0.1) is 0 Å². The molecule has 19 heavy (non-hydrogen) atoms. The van der Waals surface area contributed by atoms with Gasteiger partial charge in [0.15, 0.2) is 5.75 Å². The average molecular weight is 260 g/mol. The smallest absolute Gasteiger partial charge is 0.161 e. The van der Waals surface area contributed by atoms with Crippen LogP contribution in [0.4, 0.5) is 0 Å². The molecule has 0 bridgehead atoms. The van der Waals surface area contributed by atoms with Crippen molar-refractivity contribution in [2.24, 2.45) is 7.05 Å². The quantitative estimate of drug-likeness (QED) is 0.859. The van der Waals surface area contributed by atoms with Crippen molar-refractivity contribution in [2.45, 2.75) is 19.4 Å². The molecule has 0 fully saturated rings. The molecule has 0 radical (unpaired) electrons. The van der Waals surface area contributed by atoms with Crippen molar-refractivity contribution in [3.63, 3.8) is 0 Å². The molecule has 1 atom stereocenters. The first kappa shape index (κ1) is 13.5. The summed E-state index contributed by atoms with van der Waals surface area (Å²) in [6.07, 6.45) is 6.30. The number of aromatic nitrogens is 3. The maximum Gasteiger partial charge on any atom is 0.161 e. The molecule has 1 unspecified atom stereocenters. The standard InChI is InChI=1S/C14H20N4O/c1-4-16-12(8-11-6-5-7-15-9-11)14-13(19-3)10-17-18(14)2/h5-7,9-10,12,16H,4,8H2,1-3H3. The van der Waals surface area contributed by atoms with Gasteiger partial charge in [-0.05, 0) is 24.6 Å². The largest absolute Gasteiger partial charge is 0.493 e. The summed E-state index contributed by atoms with van der Waals surface area (Å²) in [6.45, 7) is 2.98. The van der Waals surface area contributed by atoms with Crippen LogP contribution in [-0.2, 0) is 13.5 Å². The molecule has 0 saturated carbocycles. The van der Waals surface area contributed by atoms with Gasteiger partial charge in [-0.3, -0.25) is 9.67 Å². The minimum atomic E-state index is 0.164. The minimum absolute atomic E-state index is 0.164. The number of ether oxygens (including phenoxy) is 1. The summed E-state index contributed by atoms with van der Waals surface area (Å²) in [6, 6.07) is 4.20. The Kier molecular flexibility index (Phi) is 4.52. The summed E-state index contributed by atoms with van der Waals surface area (Å²) in [5.41, 5.74) is 2.25. The van der Waals surface area contributed by atoms with Crippen LogP contribution in [0.5, 0.6) is 5.75 Å². The van der Waals surface area contributed by atoms with Crippen LogP contribution < -0.4 is 10.1 Å². The molecule has 0 spiro atoms. The van der Waals surface area contributed by atoms with E-state index in [0.717, 1.165) is 24.4 Å². The number of nitrogens with one attached hydrogen (secondary N) is 1. The van der Waals surface area contributed by atoms with Crippen LogP contribution in [0.2, 0.25) is 0 Å². The maximum absolute atomic E-state index is 5.39. The number of hydrogen-bond acceptors (Lipinski definition) is 4. The van der Waals surface area contributed by atoms with Crippen LogP contribution in [0.15, 0.2) is 30.7 Å². The normalized spacial score (nSPS) is 12.4. The highest BCUT2D eigenvalue weighted by molar-refractivity contribution is 5.29. The summed E-state index contributed by atoms with van der Waals surface area (Å²) in [5.74, 6) is 0.817. The van der Waals surface area contributed by atoms with E-state index in [-0.39, 0.29) is 6.04 Å². The van der Waals surface area contributed by atoms with Crippen molar-refractivity contribution in [2.75, 3.05) is 13.7 Å². The summed E-state index contributed by atoms with van der Waals surface area (Å²) in [7, 11) is 3.61. The van der Waals surface area contributed by atoms with Crippen molar-refractivity contribution in [3.05, 3.63) is 42.0 Å². The Bertz CT molecular complexity index is 509. The topological polar surface area (TPSA) is 52.0 Å². The van der Waals surface area contributed by atoms with E-state index in [1.165, 1.54) is 5.56 Å². The predicted molar refractivity (Wildman–Crippen MR) is 74.1 cm³/mol. The Hall–Kier alpha value is -1.88. The Morgan fingerprint density at radius 3 is 2.89 bits per heavy atom. The van der Waals surface area contributed by atoms with Crippen LogP contribution >= 0.6 is 0 Å². The predicted octanol–water partition coefficient (Wildman–Crippen LogP) is 1.72. The van der Waals surface area contributed by atoms with E-state index >= 15 is 0 Å². The van der Waals surface area contributed by atoms with Crippen LogP contribution in [0.3, 0.4) is 0 Å². The number of nitrogens with zero attached hydrogens (tertiary/aromatic N) is 3. The number of methoxy groups -OCH3 is 1. The van der Waals surface area contributed by atoms with E-state index in [4.69, 9.17) is 4.74 Å². The molecule has 102 valence electrons. The van der Waals surface area contributed by atoms with Crippen LogP contribution in [0.25, 0.3) is 0 Å². The molecule has 0 amide bonds. The molecule has 2 heterocycles. The summed E-state index contributed by atoms with van der Waals surface area (Å²) >= 11 is 0. The molecule has 0 aliphatic heterocycles.